The number of hydrogen-bond acceptors (Lipinski definition) is 4. The maximum Gasteiger partial charge on any atom is 0.227 e. The second kappa shape index (κ2) is 7.80. The number of rotatable bonds is 4. The molecule has 0 bridgehead atoms. The Bertz CT molecular complexity index is 454. The van der Waals surface area contributed by atoms with E-state index >= 15 is 0 Å². The molecule has 1 aromatic heterocycles. The van der Waals surface area contributed by atoms with Crippen LogP contribution < -0.4 is 10.2 Å². The number of piperidine rings is 1. The first-order chi connectivity index (χ1) is 10.9. The normalized spacial score (nSPS) is 24.0. The smallest absolute Gasteiger partial charge is 0.227 e. The van der Waals surface area contributed by atoms with Crippen LogP contribution in [0, 0.1) is 0 Å². The summed E-state index contributed by atoms with van der Waals surface area (Å²) in [4.78, 5) is 11.8. The number of aromatic nitrogens is 2. The van der Waals surface area contributed by atoms with Crippen molar-refractivity contribution in [3.63, 3.8) is 0 Å². The number of nitrogens with zero attached hydrogens (tertiary/aromatic N) is 3. The quantitative estimate of drug-likeness (QED) is 0.838. The fourth-order valence-corrected chi connectivity index (χ4v) is 3.89. The molecule has 2 aliphatic rings. The van der Waals surface area contributed by atoms with Gasteiger partial charge in [-0.3, -0.25) is 0 Å². The van der Waals surface area contributed by atoms with Gasteiger partial charge in [-0.25, -0.2) is 4.98 Å². The Kier molecular flexibility index (Phi) is 5.52. The summed E-state index contributed by atoms with van der Waals surface area (Å²) < 4.78 is 0. The van der Waals surface area contributed by atoms with Gasteiger partial charge in [0, 0.05) is 24.8 Å². The Morgan fingerprint density at radius 2 is 1.86 bits per heavy atom. The molecular formula is C18H30N4. The Hall–Kier alpha value is -1.32. The zero-order valence-electron chi connectivity index (χ0n) is 13.9. The minimum absolute atomic E-state index is 0.591. The van der Waals surface area contributed by atoms with E-state index in [1.807, 2.05) is 12.3 Å². The van der Waals surface area contributed by atoms with Gasteiger partial charge in [-0.1, -0.05) is 32.6 Å². The average molecular weight is 302 g/mol. The van der Waals surface area contributed by atoms with Gasteiger partial charge in [-0.2, -0.15) is 4.98 Å². The van der Waals surface area contributed by atoms with Crippen molar-refractivity contribution in [1.29, 1.82) is 0 Å². The first kappa shape index (κ1) is 15.6. The van der Waals surface area contributed by atoms with Crippen molar-refractivity contribution in [2.45, 2.75) is 83.2 Å². The van der Waals surface area contributed by atoms with E-state index in [4.69, 9.17) is 4.98 Å². The fourth-order valence-electron chi connectivity index (χ4n) is 3.89. The molecule has 1 aromatic rings. The van der Waals surface area contributed by atoms with Crippen LogP contribution in [-0.2, 0) is 0 Å². The van der Waals surface area contributed by atoms with Crippen molar-refractivity contribution in [2.24, 2.45) is 0 Å². The van der Waals surface area contributed by atoms with Gasteiger partial charge in [-0.15, -0.1) is 0 Å². The summed E-state index contributed by atoms with van der Waals surface area (Å²) in [6.07, 6.45) is 15.0. The van der Waals surface area contributed by atoms with Crippen molar-refractivity contribution < 1.29 is 0 Å². The summed E-state index contributed by atoms with van der Waals surface area (Å²) in [7, 11) is 0. The molecule has 1 unspecified atom stereocenters. The molecule has 1 aliphatic heterocycles. The standard InChI is InChI=1S/C18H30N4/c1-2-16-11-7-8-14-22(16)18-19-13-12-17(21-18)20-15-9-5-3-4-6-10-15/h12-13,15-16H,2-11,14H2,1H3,(H,19,20,21). The Balaban J connectivity index is 1.68. The lowest BCUT2D eigenvalue weighted by molar-refractivity contribution is 0.443. The molecule has 1 saturated heterocycles. The van der Waals surface area contributed by atoms with Gasteiger partial charge in [-0.05, 0) is 44.6 Å². The van der Waals surface area contributed by atoms with Gasteiger partial charge >= 0.3 is 0 Å². The summed E-state index contributed by atoms with van der Waals surface area (Å²) in [5.74, 6) is 1.93. The molecule has 0 spiro atoms. The molecule has 0 aromatic carbocycles. The van der Waals surface area contributed by atoms with Crippen LogP contribution in [0.5, 0.6) is 0 Å². The first-order valence-corrected chi connectivity index (χ1v) is 9.23. The largest absolute Gasteiger partial charge is 0.367 e. The SMILES string of the molecule is CCC1CCCCN1c1nccc(NC2CCCCCC2)n1. The predicted molar refractivity (Wildman–Crippen MR) is 92.4 cm³/mol. The summed E-state index contributed by atoms with van der Waals surface area (Å²) in [5, 5.41) is 3.66. The molecule has 1 aliphatic carbocycles. The van der Waals surface area contributed by atoms with Gasteiger partial charge in [0.05, 0.1) is 0 Å². The van der Waals surface area contributed by atoms with Crippen LogP contribution in [0.4, 0.5) is 11.8 Å². The van der Waals surface area contributed by atoms with E-state index in [0.717, 1.165) is 18.3 Å². The number of nitrogens with one attached hydrogen (secondary N) is 1. The highest BCUT2D eigenvalue weighted by atomic mass is 15.3. The summed E-state index contributed by atoms with van der Waals surface area (Å²) in [5.41, 5.74) is 0. The Morgan fingerprint density at radius 1 is 1.09 bits per heavy atom. The van der Waals surface area contributed by atoms with Crippen LogP contribution in [0.3, 0.4) is 0 Å². The molecule has 22 heavy (non-hydrogen) atoms. The third kappa shape index (κ3) is 3.90. The van der Waals surface area contributed by atoms with E-state index in [9.17, 15) is 0 Å². The molecular weight excluding hydrogens is 272 g/mol. The first-order valence-electron chi connectivity index (χ1n) is 9.23. The average Bonchev–Trinajstić information content (AvgIpc) is 2.84. The van der Waals surface area contributed by atoms with Gasteiger partial charge in [0.15, 0.2) is 0 Å². The molecule has 1 saturated carbocycles. The van der Waals surface area contributed by atoms with Crippen LogP contribution in [-0.4, -0.2) is 28.6 Å². The summed E-state index contributed by atoms with van der Waals surface area (Å²) >= 11 is 0. The second-order valence-corrected chi connectivity index (χ2v) is 6.83. The molecule has 1 N–H and O–H groups in total. The highest BCUT2D eigenvalue weighted by molar-refractivity contribution is 5.43. The topological polar surface area (TPSA) is 41.1 Å². The monoisotopic (exact) mass is 302 g/mol. The minimum atomic E-state index is 0.591. The second-order valence-electron chi connectivity index (χ2n) is 6.83. The van der Waals surface area contributed by atoms with E-state index in [1.165, 1.54) is 64.2 Å². The summed E-state index contributed by atoms with van der Waals surface area (Å²) in [6, 6.07) is 3.23. The van der Waals surface area contributed by atoms with Gasteiger partial charge < -0.3 is 10.2 Å². The number of anilines is 2. The van der Waals surface area contributed by atoms with Crippen molar-refractivity contribution in [1.82, 2.24) is 9.97 Å². The summed E-state index contributed by atoms with van der Waals surface area (Å²) in [6.45, 7) is 3.38. The van der Waals surface area contributed by atoms with Crippen LogP contribution in [0.15, 0.2) is 12.3 Å². The Labute approximate surface area is 134 Å². The van der Waals surface area contributed by atoms with Crippen LogP contribution >= 0.6 is 0 Å². The van der Waals surface area contributed by atoms with E-state index in [-0.39, 0.29) is 0 Å². The van der Waals surface area contributed by atoms with E-state index in [1.54, 1.807) is 0 Å². The fraction of sp³-hybridized carbons (Fsp3) is 0.778. The van der Waals surface area contributed by atoms with Crippen molar-refractivity contribution in [2.75, 3.05) is 16.8 Å². The zero-order chi connectivity index (χ0) is 15.2. The molecule has 3 rings (SSSR count). The number of hydrogen-bond donors (Lipinski definition) is 1. The van der Waals surface area contributed by atoms with Crippen LogP contribution in [0.2, 0.25) is 0 Å². The third-order valence-electron chi connectivity index (χ3n) is 5.21. The van der Waals surface area contributed by atoms with Crippen molar-refractivity contribution >= 4 is 11.8 Å². The van der Waals surface area contributed by atoms with Crippen LogP contribution in [0.25, 0.3) is 0 Å². The molecule has 0 radical (unpaired) electrons. The molecule has 2 heterocycles. The molecule has 4 heteroatoms. The van der Waals surface area contributed by atoms with E-state index < -0.39 is 0 Å². The lowest BCUT2D eigenvalue weighted by atomic mass is 10.0. The van der Waals surface area contributed by atoms with Gasteiger partial charge in [0.1, 0.15) is 5.82 Å². The molecule has 1 atom stereocenters. The van der Waals surface area contributed by atoms with E-state index in [2.05, 4.69) is 22.1 Å². The van der Waals surface area contributed by atoms with Crippen molar-refractivity contribution in [3.8, 4) is 0 Å². The maximum absolute atomic E-state index is 4.82. The minimum Gasteiger partial charge on any atom is -0.367 e. The molecule has 2 fully saturated rings. The Morgan fingerprint density at radius 3 is 2.64 bits per heavy atom. The van der Waals surface area contributed by atoms with Crippen LogP contribution in [0.1, 0.15) is 71.1 Å². The maximum atomic E-state index is 4.82. The lowest BCUT2D eigenvalue weighted by Crippen LogP contribution is -2.40. The van der Waals surface area contributed by atoms with E-state index in [0.29, 0.717) is 12.1 Å². The zero-order valence-corrected chi connectivity index (χ0v) is 13.9. The highest BCUT2D eigenvalue weighted by Gasteiger charge is 2.23. The van der Waals surface area contributed by atoms with Gasteiger partial charge in [0.2, 0.25) is 5.95 Å². The van der Waals surface area contributed by atoms with Crippen molar-refractivity contribution in [3.05, 3.63) is 12.3 Å². The van der Waals surface area contributed by atoms with Gasteiger partial charge in [0.25, 0.3) is 0 Å². The lowest BCUT2D eigenvalue weighted by Gasteiger charge is -2.35. The third-order valence-corrected chi connectivity index (χ3v) is 5.21. The molecule has 0 amide bonds. The molecule has 4 nitrogen and oxygen atoms in total. The highest BCUT2D eigenvalue weighted by Crippen LogP contribution is 2.25. The molecule has 122 valence electrons. The predicted octanol–water partition coefficient (Wildman–Crippen LogP) is 4.38.